The molecule has 28 heavy (non-hydrogen) atoms. The lowest BCUT2D eigenvalue weighted by Gasteiger charge is -2.12. The lowest BCUT2D eigenvalue weighted by Crippen LogP contribution is -2.28. The number of pyridine rings is 1. The molecule has 6 nitrogen and oxygen atoms in total. The van der Waals surface area contributed by atoms with E-state index >= 15 is 0 Å². The van der Waals surface area contributed by atoms with Crippen LogP contribution in [0.1, 0.15) is 36.0 Å². The average molecular weight is 410 g/mol. The Hall–Kier alpha value is -2.62. The number of hydrogen-bond acceptors (Lipinski definition) is 5. The SMILES string of the molecule is CC(NC(=O)C1CC1c1nc2ncccc2[nH]1)c1ccc(OCC(F)(F)F)s1. The Morgan fingerprint density at radius 2 is 2.25 bits per heavy atom. The van der Waals surface area contributed by atoms with E-state index in [1.165, 1.54) is 6.07 Å². The third-order valence-electron chi connectivity index (χ3n) is 4.52. The summed E-state index contributed by atoms with van der Waals surface area (Å²) in [6.45, 7) is 0.462. The fraction of sp³-hybridized carbons (Fsp3) is 0.389. The van der Waals surface area contributed by atoms with Gasteiger partial charge in [0.25, 0.3) is 0 Å². The second-order valence-corrected chi connectivity index (χ2v) is 7.81. The van der Waals surface area contributed by atoms with E-state index in [-0.39, 0.29) is 28.8 Å². The Labute approximate surface area is 162 Å². The van der Waals surface area contributed by atoms with Gasteiger partial charge in [0, 0.05) is 22.9 Å². The highest BCUT2D eigenvalue weighted by Gasteiger charge is 2.46. The molecule has 10 heteroatoms. The van der Waals surface area contributed by atoms with E-state index in [0.29, 0.717) is 12.1 Å². The van der Waals surface area contributed by atoms with Crippen molar-refractivity contribution in [2.45, 2.75) is 31.5 Å². The molecule has 3 atom stereocenters. The van der Waals surface area contributed by atoms with E-state index < -0.39 is 12.8 Å². The third kappa shape index (κ3) is 4.11. The summed E-state index contributed by atoms with van der Waals surface area (Å²) in [5.41, 5.74) is 1.46. The molecular weight excluding hydrogens is 393 g/mol. The number of carbonyl (C=O) groups excluding carboxylic acids is 1. The van der Waals surface area contributed by atoms with Crippen LogP contribution in [0.3, 0.4) is 0 Å². The molecule has 4 rings (SSSR count). The topological polar surface area (TPSA) is 79.9 Å². The standard InChI is InChI=1S/C18H17F3N4O2S/c1-9(13-4-5-14(28-13)27-8-18(19,20)21)23-17(26)11-7-10(11)15-24-12-3-2-6-22-16(12)25-15/h2-6,9-11H,7-8H2,1H3,(H,23,26)(H,22,24,25). The number of imidazole rings is 1. The molecule has 3 unspecified atom stereocenters. The number of alkyl halides is 3. The molecule has 2 N–H and O–H groups in total. The molecule has 1 aliphatic carbocycles. The van der Waals surface area contributed by atoms with Crippen LogP contribution in [0.4, 0.5) is 13.2 Å². The number of fused-ring (bicyclic) bond motifs is 1. The van der Waals surface area contributed by atoms with Crippen molar-refractivity contribution in [3.05, 3.63) is 41.2 Å². The fourth-order valence-corrected chi connectivity index (χ4v) is 3.87. The number of nitrogens with zero attached hydrogens (tertiary/aromatic N) is 2. The molecule has 0 bridgehead atoms. The molecule has 0 aromatic carbocycles. The van der Waals surface area contributed by atoms with E-state index in [1.54, 1.807) is 19.2 Å². The second-order valence-electron chi connectivity index (χ2n) is 6.74. The van der Waals surface area contributed by atoms with Gasteiger partial charge in [0.05, 0.1) is 11.6 Å². The summed E-state index contributed by atoms with van der Waals surface area (Å²) in [4.78, 5) is 25.1. The van der Waals surface area contributed by atoms with E-state index in [2.05, 4.69) is 20.3 Å². The van der Waals surface area contributed by atoms with Crippen LogP contribution in [-0.4, -0.2) is 33.6 Å². The quantitative estimate of drug-likeness (QED) is 0.645. The van der Waals surface area contributed by atoms with Crippen molar-refractivity contribution in [1.82, 2.24) is 20.3 Å². The first kappa shape index (κ1) is 18.7. The van der Waals surface area contributed by atoms with Gasteiger partial charge in [-0.15, -0.1) is 11.3 Å². The number of amides is 1. The molecule has 3 aromatic rings. The number of nitrogens with one attached hydrogen (secondary N) is 2. The molecule has 1 amide bonds. The maximum absolute atomic E-state index is 12.5. The van der Waals surface area contributed by atoms with Gasteiger partial charge in [0.1, 0.15) is 5.82 Å². The predicted octanol–water partition coefficient (Wildman–Crippen LogP) is 3.94. The number of thiophene rings is 1. The van der Waals surface area contributed by atoms with Gasteiger partial charge in [0.2, 0.25) is 5.91 Å². The first-order valence-electron chi connectivity index (χ1n) is 8.70. The van der Waals surface area contributed by atoms with E-state index in [9.17, 15) is 18.0 Å². The van der Waals surface area contributed by atoms with Crippen molar-refractivity contribution >= 4 is 28.4 Å². The number of rotatable bonds is 6. The highest BCUT2D eigenvalue weighted by molar-refractivity contribution is 7.13. The van der Waals surface area contributed by atoms with E-state index in [1.807, 2.05) is 12.1 Å². The summed E-state index contributed by atoms with van der Waals surface area (Å²) in [6.07, 6.45) is -2.01. The van der Waals surface area contributed by atoms with Crippen molar-refractivity contribution in [2.75, 3.05) is 6.61 Å². The van der Waals surface area contributed by atoms with Crippen LogP contribution in [0.25, 0.3) is 11.2 Å². The molecule has 1 aliphatic rings. The molecular formula is C18H17F3N4O2S. The van der Waals surface area contributed by atoms with Crippen molar-refractivity contribution in [1.29, 1.82) is 0 Å². The number of aromatic amines is 1. The first-order valence-corrected chi connectivity index (χ1v) is 9.52. The Balaban J connectivity index is 1.33. The van der Waals surface area contributed by atoms with E-state index in [4.69, 9.17) is 4.74 Å². The van der Waals surface area contributed by atoms with Crippen molar-refractivity contribution in [3.63, 3.8) is 0 Å². The van der Waals surface area contributed by atoms with Crippen LogP contribution in [0, 0.1) is 5.92 Å². The number of hydrogen-bond donors (Lipinski definition) is 2. The van der Waals surface area contributed by atoms with Crippen LogP contribution in [-0.2, 0) is 4.79 Å². The van der Waals surface area contributed by atoms with Gasteiger partial charge in [0.15, 0.2) is 17.3 Å². The lowest BCUT2D eigenvalue weighted by molar-refractivity contribution is -0.152. The highest BCUT2D eigenvalue weighted by Crippen LogP contribution is 2.47. The summed E-state index contributed by atoms with van der Waals surface area (Å²) in [5, 5.41) is 3.09. The van der Waals surface area contributed by atoms with Crippen LogP contribution >= 0.6 is 11.3 Å². The Kier molecular flexibility index (Phi) is 4.74. The van der Waals surface area contributed by atoms with Gasteiger partial charge >= 0.3 is 6.18 Å². The normalized spacial score (nSPS) is 20.1. The first-order chi connectivity index (χ1) is 13.3. The van der Waals surface area contributed by atoms with Gasteiger partial charge in [-0.3, -0.25) is 4.79 Å². The van der Waals surface area contributed by atoms with Gasteiger partial charge in [-0.25, -0.2) is 9.97 Å². The molecule has 0 radical (unpaired) electrons. The van der Waals surface area contributed by atoms with Gasteiger partial charge in [-0.1, -0.05) is 0 Å². The number of aromatic nitrogens is 3. The van der Waals surface area contributed by atoms with Gasteiger partial charge in [-0.2, -0.15) is 13.2 Å². The summed E-state index contributed by atoms with van der Waals surface area (Å²) >= 11 is 1.09. The smallest absolute Gasteiger partial charge is 0.422 e. The zero-order valence-electron chi connectivity index (χ0n) is 14.8. The number of ether oxygens (including phenoxy) is 1. The molecule has 0 saturated heterocycles. The Morgan fingerprint density at radius 1 is 1.43 bits per heavy atom. The number of carbonyl (C=O) groups is 1. The molecule has 3 heterocycles. The Morgan fingerprint density at radius 3 is 3.00 bits per heavy atom. The van der Waals surface area contributed by atoms with Gasteiger partial charge < -0.3 is 15.0 Å². The minimum absolute atomic E-state index is 0.0235. The molecule has 148 valence electrons. The van der Waals surface area contributed by atoms with Crippen molar-refractivity contribution in [3.8, 4) is 5.06 Å². The second kappa shape index (κ2) is 7.08. The van der Waals surface area contributed by atoms with E-state index in [0.717, 1.165) is 27.6 Å². The lowest BCUT2D eigenvalue weighted by atomic mass is 10.2. The Bertz CT molecular complexity index is 967. The molecule has 3 aromatic heterocycles. The fourth-order valence-electron chi connectivity index (χ4n) is 3.02. The summed E-state index contributed by atoms with van der Waals surface area (Å²) in [7, 11) is 0. The van der Waals surface area contributed by atoms with Crippen molar-refractivity contribution < 1.29 is 22.7 Å². The molecule has 1 fully saturated rings. The highest BCUT2D eigenvalue weighted by atomic mass is 32.1. The van der Waals surface area contributed by atoms with Crippen LogP contribution in [0.15, 0.2) is 30.5 Å². The number of halogens is 3. The zero-order chi connectivity index (χ0) is 19.9. The summed E-state index contributed by atoms with van der Waals surface area (Å²) in [5.74, 6) is 0.497. The van der Waals surface area contributed by atoms with Crippen LogP contribution < -0.4 is 10.1 Å². The van der Waals surface area contributed by atoms with Crippen LogP contribution in [0.2, 0.25) is 0 Å². The summed E-state index contributed by atoms with van der Waals surface area (Å²) in [6, 6.07) is 6.52. The third-order valence-corrected chi connectivity index (χ3v) is 5.70. The number of H-pyrrole nitrogens is 1. The minimum Gasteiger partial charge on any atom is -0.475 e. The molecule has 0 aliphatic heterocycles. The predicted molar refractivity (Wildman–Crippen MR) is 97.2 cm³/mol. The largest absolute Gasteiger partial charge is 0.475 e. The van der Waals surface area contributed by atoms with Gasteiger partial charge in [-0.05, 0) is 37.6 Å². The van der Waals surface area contributed by atoms with Crippen LogP contribution in [0.5, 0.6) is 5.06 Å². The minimum atomic E-state index is -4.38. The summed E-state index contributed by atoms with van der Waals surface area (Å²) < 4.78 is 41.4. The van der Waals surface area contributed by atoms with Crippen molar-refractivity contribution in [2.24, 2.45) is 5.92 Å². The zero-order valence-corrected chi connectivity index (χ0v) is 15.6. The molecule has 0 spiro atoms. The maximum Gasteiger partial charge on any atom is 0.422 e. The average Bonchev–Trinajstić information content (AvgIpc) is 3.11. The maximum atomic E-state index is 12.5. The monoisotopic (exact) mass is 410 g/mol. The molecule has 1 saturated carbocycles.